The van der Waals surface area contributed by atoms with Crippen molar-refractivity contribution in [1.82, 2.24) is 15.0 Å². The van der Waals surface area contributed by atoms with Crippen LogP contribution in [-0.4, -0.2) is 41.2 Å². The Labute approximate surface area is 168 Å². The molecule has 0 radical (unpaired) electrons. The van der Waals surface area contributed by atoms with Crippen molar-refractivity contribution in [2.24, 2.45) is 0 Å². The molecule has 0 atom stereocenters. The summed E-state index contributed by atoms with van der Waals surface area (Å²) in [7, 11) is 1.59. The van der Waals surface area contributed by atoms with E-state index in [0.717, 1.165) is 11.3 Å². The molecule has 9 nitrogen and oxygen atoms in total. The van der Waals surface area contributed by atoms with E-state index < -0.39 is 0 Å². The lowest BCUT2D eigenvalue weighted by molar-refractivity contribution is 0.102. The molecule has 0 spiro atoms. The first kappa shape index (κ1) is 20.0. The molecule has 4 N–H and O–H groups in total. The zero-order valence-electron chi connectivity index (χ0n) is 16.0. The number of amides is 1. The third-order valence-corrected chi connectivity index (χ3v) is 3.90. The van der Waals surface area contributed by atoms with Gasteiger partial charge in [-0.1, -0.05) is 12.1 Å². The summed E-state index contributed by atoms with van der Waals surface area (Å²) in [5.41, 5.74) is 8.40. The maximum Gasteiger partial charge on any atom is 0.275 e. The molecule has 0 aliphatic rings. The largest absolute Gasteiger partial charge is 0.474 e. The Kier molecular flexibility index (Phi) is 6.90. The minimum absolute atomic E-state index is 0.191. The molecule has 0 aliphatic carbocycles. The number of hydrogen-bond acceptors (Lipinski definition) is 8. The van der Waals surface area contributed by atoms with Crippen LogP contribution < -0.4 is 21.1 Å². The van der Waals surface area contributed by atoms with Crippen molar-refractivity contribution < 1.29 is 14.3 Å². The van der Waals surface area contributed by atoms with E-state index >= 15 is 0 Å². The van der Waals surface area contributed by atoms with Crippen molar-refractivity contribution in [2.75, 3.05) is 36.7 Å². The summed E-state index contributed by atoms with van der Waals surface area (Å²) < 4.78 is 10.2. The Morgan fingerprint density at radius 2 is 2.00 bits per heavy atom. The lowest BCUT2D eigenvalue weighted by Gasteiger charge is -2.10. The predicted octanol–water partition coefficient (Wildman–Crippen LogP) is 2.34. The third kappa shape index (κ3) is 5.88. The molecule has 9 heteroatoms. The Morgan fingerprint density at radius 3 is 2.76 bits per heavy atom. The average molecular weight is 394 g/mol. The zero-order chi connectivity index (χ0) is 20.5. The van der Waals surface area contributed by atoms with Crippen LogP contribution in [0.2, 0.25) is 0 Å². The molecule has 0 aliphatic heterocycles. The minimum Gasteiger partial charge on any atom is -0.474 e. The van der Waals surface area contributed by atoms with Gasteiger partial charge in [0.1, 0.15) is 18.1 Å². The fraction of sp³-hybridized carbons (Fsp3) is 0.200. The summed E-state index contributed by atoms with van der Waals surface area (Å²) in [6.45, 7) is 1.34. The van der Waals surface area contributed by atoms with Crippen LogP contribution in [0, 0.1) is 0 Å². The van der Waals surface area contributed by atoms with Crippen LogP contribution in [-0.2, 0) is 11.3 Å². The van der Waals surface area contributed by atoms with Gasteiger partial charge in [0.2, 0.25) is 5.88 Å². The average Bonchev–Trinajstić information content (AvgIpc) is 2.74. The van der Waals surface area contributed by atoms with Gasteiger partial charge in [0.25, 0.3) is 5.91 Å². The maximum absolute atomic E-state index is 12.4. The second-order valence-corrected chi connectivity index (χ2v) is 6.03. The topological polar surface area (TPSA) is 124 Å². The number of anilines is 3. The summed E-state index contributed by atoms with van der Waals surface area (Å²) in [6, 6.07) is 11.1. The van der Waals surface area contributed by atoms with Gasteiger partial charge in [-0.3, -0.25) is 4.79 Å². The van der Waals surface area contributed by atoms with Crippen molar-refractivity contribution in [2.45, 2.75) is 6.54 Å². The van der Waals surface area contributed by atoms with E-state index in [2.05, 4.69) is 25.6 Å². The summed E-state index contributed by atoms with van der Waals surface area (Å²) in [5.74, 6) is 0.411. The smallest absolute Gasteiger partial charge is 0.275 e. The van der Waals surface area contributed by atoms with E-state index in [4.69, 9.17) is 15.2 Å². The Hall–Kier alpha value is -3.72. The van der Waals surface area contributed by atoms with E-state index in [1.165, 1.54) is 12.4 Å². The highest BCUT2D eigenvalue weighted by molar-refractivity contribution is 6.02. The molecular formula is C20H22N6O3. The van der Waals surface area contributed by atoms with Crippen LogP contribution in [0.15, 0.2) is 55.0 Å². The van der Waals surface area contributed by atoms with Gasteiger partial charge >= 0.3 is 0 Å². The van der Waals surface area contributed by atoms with Crippen LogP contribution in [0.3, 0.4) is 0 Å². The molecule has 0 fully saturated rings. The molecular weight excluding hydrogens is 372 g/mol. The highest BCUT2D eigenvalue weighted by Crippen LogP contribution is 2.17. The molecule has 1 aromatic carbocycles. The van der Waals surface area contributed by atoms with Gasteiger partial charge in [0, 0.05) is 25.5 Å². The van der Waals surface area contributed by atoms with Gasteiger partial charge in [-0.2, -0.15) is 0 Å². The second-order valence-electron chi connectivity index (χ2n) is 6.03. The second kappa shape index (κ2) is 10.00. The highest BCUT2D eigenvalue weighted by Gasteiger charge is 2.09. The van der Waals surface area contributed by atoms with Crippen LogP contribution in [0.1, 0.15) is 16.1 Å². The number of rotatable bonds is 9. The predicted molar refractivity (Wildman–Crippen MR) is 110 cm³/mol. The number of nitrogens with zero attached hydrogens (tertiary/aromatic N) is 3. The van der Waals surface area contributed by atoms with Crippen LogP contribution in [0.25, 0.3) is 0 Å². The number of benzene rings is 1. The number of hydrogen-bond donors (Lipinski definition) is 3. The number of nitrogens with two attached hydrogens (primary N) is 1. The molecule has 29 heavy (non-hydrogen) atoms. The summed E-state index contributed by atoms with van der Waals surface area (Å²) in [5, 5.41) is 6.04. The first-order valence-corrected chi connectivity index (χ1v) is 8.94. The monoisotopic (exact) mass is 394 g/mol. The number of nitrogens with one attached hydrogen (secondary N) is 2. The first-order valence-electron chi connectivity index (χ1n) is 8.94. The number of aromatic nitrogens is 3. The van der Waals surface area contributed by atoms with E-state index in [1.807, 2.05) is 30.3 Å². The Balaban J connectivity index is 1.58. The zero-order valence-corrected chi connectivity index (χ0v) is 16.0. The van der Waals surface area contributed by atoms with Gasteiger partial charge < -0.3 is 25.8 Å². The van der Waals surface area contributed by atoms with Crippen molar-refractivity contribution >= 4 is 23.1 Å². The van der Waals surface area contributed by atoms with E-state index in [0.29, 0.717) is 37.1 Å². The normalized spacial score (nSPS) is 10.4. The number of carbonyl (C=O) groups is 1. The molecule has 1 amide bonds. The fourth-order valence-electron chi connectivity index (χ4n) is 2.46. The van der Waals surface area contributed by atoms with E-state index in [1.54, 1.807) is 19.4 Å². The van der Waals surface area contributed by atoms with Crippen LogP contribution in [0.4, 0.5) is 17.2 Å². The molecule has 0 bridgehead atoms. The lowest BCUT2D eigenvalue weighted by atomic mass is 10.2. The van der Waals surface area contributed by atoms with E-state index in [9.17, 15) is 4.79 Å². The number of ether oxygens (including phenoxy) is 2. The molecule has 150 valence electrons. The molecule has 2 heterocycles. The van der Waals surface area contributed by atoms with Crippen molar-refractivity contribution in [1.29, 1.82) is 0 Å². The van der Waals surface area contributed by atoms with Gasteiger partial charge in [0.05, 0.1) is 24.7 Å². The summed E-state index contributed by atoms with van der Waals surface area (Å²) >= 11 is 0. The number of methoxy groups -OCH3 is 1. The molecule has 0 saturated heterocycles. The van der Waals surface area contributed by atoms with Gasteiger partial charge in [0.15, 0.2) is 0 Å². The molecule has 3 aromatic rings. The van der Waals surface area contributed by atoms with Crippen LogP contribution >= 0.6 is 0 Å². The molecule has 2 aromatic heterocycles. The number of nitrogen functional groups attached to an aromatic ring is 1. The molecule has 3 rings (SSSR count). The van der Waals surface area contributed by atoms with Gasteiger partial charge in [-0.15, -0.1) is 0 Å². The van der Waals surface area contributed by atoms with Crippen molar-refractivity contribution in [3.63, 3.8) is 0 Å². The van der Waals surface area contributed by atoms with Crippen molar-refractivity contribution in [3.05, 3.63) is 66.2 Å². The highest BCUT2D eigenvalue weighted by atomic mass is 16.5. The third-order valence-electron chi connectivity index (χ3n) is 3.90. The summed E-state index contributed by atoms with van der Waals surface area (Å²) in [6.07, 6.45) is 4.41. The van der Waals surface area contributed by atoms with Crippen molar-refractivity contribution in [3.8, 4) is 5.88 Å². The molecule has 0 saturated carbocycles. The molecule has 0 unspecified atom stereocenters. The fourth-order valence-corrected chi connectivity index (χ4v) is 2.46. The van der Waals surface area contributed by atoms with E-state index in [-0.39, 0.29) is 11.6 Å². The Morgan fingerprint density at radius 1 is 1.10 bits per heavy atom. The number of carbonyl (C=O) groups excluding carboxylic acids is 1. The van der Waals surface area contributed by atoms with Gasteiger partial charge in [-0.25, -0.2) is 15.0 Å². The lowest BCUT2D eigenvalue weighted by Crippen LogP contribution is -2.15. The van der Waals surface area contributed by atoms with Crippen LogP contribution in [0.5, 0.6) is 5.88 Å². The number of pyridine rings is 1. The standard InChI is InChI=1S/C20H22N6O3/c1-28-8-9-29-18-13-24-17(12-25-18)20(27)26-15-5-2-4-14(10-15)11-23-16-6-3-7-22-19(16)21/h2-7,10,12-13,23H,8-9,11H2,1H3,(H2,21,22)(H,26,27). The SMILES string of the molecule is COCCOc1cnc(C(=O)Nc2cccc(CNc3cccnc3N)c2)cn1. The quantitative estimate of drug-likeness (QED) is 0.473. The maximum atomic E-state index is 12.4. The summed E-state index contributed by atoms with van der Waals surface area (Å²) in [4.78, 5) is 24.6. The Bertz CT molecular complexity index is 949. The minimum atomic E-state index is -0.359. The van der Waals surface area contributed by atoms with Gasteiger partial charge in [-0.05, 0) is 29.8 Å². The first-order chi connectivity index (χ1) is 14.2.